The van der Waals surface area contributed by atoms with Crippen molar-refractivity contribution in [3.8, 4) is 0 Å². The van der Waals surface area contributed by atoms with Crippen molar-refractivity contribution in [3.05, 3.63) is 64.0 Å². The van der Waals surface area contributed by atoms with Crippen LogP contribution in [0.5, 0.6) is 0 Å². The summed E-state index contributed by atoms with van der Waals surface area (Å²) in [6.07, 6.45) is 3.59. The summed E-state index contributed by atoms with van der Waals surface area (Å²) in [5.74, 6) is 0. The minimum Gasteiger partial charge on any atom is -0.391 e. The van der Waals surface area contributed by atoms with E-state index in [9.17, 15) is 10.1 Å². The van der Waals surface area contributed by atoms with E-state index in [0.29, 0.717) is 5.56 Å². The summed E-state index contributed by atoms with van der Waals surface area (Å²) in [6.45, 7) is 3.10. The molecule has 0 fully saturated rings. The number of oxime groups is 1. The van der Waals surface area contributed by atoms with Gasteiger partial charge < -0.3 is 9.40 Å². The van der Waals surface area contributed by atoms with Gasteiger partial charge in [-0.15, -0.1) is 0 Å². The van der Waals surface area contributed by atoms with Crippen molar-refractivity contribution in [2.45, 2.75) is 20.1 Å². The summed E-state index contributed by atoms with van der Waals surface area (Å²) in [7, 11) is 0. The van der Waals surface area contributed by atoms with Gasteiger partial charge in [0.25, 0.3) is 5.69 Å². The van der Waals surface area contributed by atoms with Crippen LogP contribution in [-0.2, 0) is 18.0 Å². The van der Waals surface area contributed by atoms with Crippen molar-refractivity contribution in [2.75, 3.05) is 0 Å². The number of nitro benzene ring substituents is 1. The topological polar surface area (TPSA) is 69.7 Å². The summed E-state index contributed by atoms with van der Waals surface area (Å²) in [4.78, 5) is 15.4. The minimum absolute atomic E-state index is 0.0509. The zero-order chi connectivity index (χ0) is 14.4. The number of nitrogens with zero attached hydrogens (tertiary/aromatic N) is 3. The number of nitro groups is 1. The maximum atomic E-state index is 10.6. The van der Waals surface area contributed by atoms with Crippen LogP contribution >= 0.6 is 0 Å². The molecule has 0 spiro atoms. The molecular weight excluding hydrogens is 258 g/mol. The Morgan fingerprint density at radius 3 is 3.00 bits per heavy atom. The van der Waals surface area contributed by atoms with Crippen LogP contribution in [0.3, 0.4) is 0 Å². The molecule has 0 aliphatic heterocycles. The molecule has 0 N–H and O–H groups in total. The monoisotopic (exact) mass is 273 g/mol. The maximum absolute atomic E-state index is 10.6. The Kier molecular flexibility index (Phi) is 4.49. The van der Waals surface area contributed by atoms with E-state index in [4.69, 9.17) is 4.84 Å². The van der Waals surface area contributed by atoms with Crippen molar-refractivity contribution >= 4 is 11.9 Å². The summed E-state index contributed by atoms with van der Waals surface area (Å²) < 4.78 is 2.03. The summed E-state index contributed by atoms with van der Waals surface area (Å²) in [6, 6.07) is 10.2. The van der Waals surface area contributed by atoms with Crippen molar-refractivity contribution in [2.24, 2.45) is 5.16 Å². The summed E-state index contributed by atoms with van der Waals surface area (Å²) in [5.41, 5.74) is 1.71. The average molecular weight is 273 g/mol. The number of hydrogen-bond acceptors (Lipinski definition) is 4. The molecule has 0 saturated heterocycles. The third-order valence-electron chi connectivity index (χ3n) is 2.82. The molecule has 0 radical (unpaired) electrons. The third kappa shape index (κ3) is 3.44. The first-order valence-electron chi connectivity index (χ1n) is 6.24. The molecule has 0 atom stereocenters. The Bertz CT molecular complexity index is 620. The lowest BCUT2D eigenvalue weighted by Crippen LogP contribution is -1.98. The van der Waals surface area contributed by atoms with Crippen LogP contribution in [0.25, 0.3) is 0 Å². The highest BCUT2D eigenvalue weighted by Crippen LogP contribution is 2.13. The first kappa shape index (κ1) is 13.8. The average Bonchev–Trinajstić information content (AvgIpc) is 2.91. The molecule has 0 bridgehead atoms. The van der Waals surface area contributed by atoms with Crippen LogP contribution in [0.2, 0.25) is 0 Å². The van der Waals surface area contributed by atoms with Gasteiger partial charge in [0, 0.05) is 24.9 Å². The highest BCUT2D eigenvalue weighted by molar-refractivity contribution is 5.76. The zero-order valence-electron chi connectivity index (χ0n) is 11.1. The first-order chi connectivity index (χ1) is 9.70. The zero-order valence-corrected chi connectivity index (χ0v) is 11.1. The number of aryl methyl sites for hydroxylation is 1. The van der Waals surface area contributed by atoms with Crippen molar-refractivity contribution in [1.29, 1.82) is 0 Å². The van der Waals surface area contributed by atoms with E-state index in [0.717, 1.165) is 12.2 Å². The van der Waals surface area contributed by atoms with E-state index in [1.807, 2.05) is 29.8 Å². The van der Waals surface area contributed by atoms with E-state index < -0.39 is 4.92 Å². The highest BCUT2D eigenvalue weighted by Gasteiger charge is 2.05. The van der Waals surface area contributed by atoms with Crippen LogP contribution < -0.4 is 0 Å². The van der Waals surface area contributed by atoms with Gasteiger partial charge in [-0.3, -0.25) is 10.1 Å². The van der Waals surface area contributed by atoms with Crippen LogP contribution in [-0.4, -0.2) is 15.7 Å². The molecule has 2 aromatic rings. The second kappa shape index (κ2) is 6.51. The molecule has 2 rings (SSSR count). The van der Waals surface area contributed by atoms with Crippen LogP contribution in [0.15, 0.2) is 47.8 Å². The van der Waals surface area contributed by atoms with E-state index in [-0.39, 0.29) is 12.3 Å². The Labute approximate surface area is 116 Å². The van der Waals surface area contributed by atoms with Crippen LogP contribution in [0.4, 0.5) is 5.69 Å². The Morgan fingerprint density at radius 1 is 1.40 bits per heavy atom. The summed E-state index contributed by atoms with van der Waals surface area (Å²) in [5, 5.41) is 14.5. The van der Waals surface area contributed by atoms with E-state index in [1.165, 1.54) is 12.1 Å². The Balaban J connectivity index is 1.93. The van der Waals surface area contributed by atoms with Gasteiger partial charge in [-0.1, -0.05) is 17.3 Å². The normalized spacial score (nSPS) is 10.8. The van der Waals surface area contributed by atoms with E-state index in [2.05, 4.69) is 5.16 Å². The molecule has 0 saturated carbocycles. The Morgan fingerprint density at radius 2 is 2.25 bits per heavy atom. The summed E-state index contributed by atoms with van der Waals surface area (Å²) >= 11 is 0. The number of hydrogen-bond donors (Lipinski definition) is 0. The lowest BCUT2D eigenvalue weighted by molar-refractivity contribution is -0.384. The lowest BCUT2D eigenvalue weighted by Gasteiger charge is -2.01. The molecular formula is C14H15N3O3. The number of non-ortho nitro benzene ring substituents is 1. The fraction of sp³-hybridized carbons (Fsp3) is 0.214. The van der Waals surface area contributed by atoms with E-state index in [1.54, 1.807) is 18.3 Å². The highest BCUT2D eigenvalue weighted by atomic mass is 16.6. The van der Waals surface area contributed by atoms with Crippen LogP contribution in [0, 0.1) is 10.1 Å². The molecule has 1 heterocycles. The predicted molar refractivity (Wildman–Crippen MR) is 75.6 cm³/mol. The molecule has 6 nitrogen and oxygen atoms in total. The number of aromatic nitrogens is 1. The molecule has 20 heavy (non-hydrogen) atoms. The van der Waals surface area contributed by atoms with Gasteiger partial charge in [0.1, 0.15) is 6.61 Å². The van der Waals surface area contributed by atoms with Gasteiger partial charge >= 0.3 is 0 Å². The smallest absolute Gasteiger partial charge is 0.269 e. The first-order valence-corrected chi connectivity index (χ1v) is 6.24. The second-order valence-corrected chi connectivity index (χ2v) is 4.15. The molecule has 0 aliphatic carbocycles. The molecule has 0 unspecified atom stereocenters. The number of benzene rings is 1. The quantitative estimate of drug-likeness (QED) is 0.461. The van der Waals surface area contributed by atoms with Gasteiger partial charge in [-0.2, -0.15) is 0 Å². The van der Waals surface area contributed by atoms with Crippen molar-refractivity contribution in [1.82, 2.24) is 4.57 Å². The Hall–Kier alpha value is -2.63. The van der Waals surface area contributed by atoms with Crippen LogP contribution in [0.1, 0.15) is 18.2 Å². The molecule has 1 aromatic heterocycles. The van der Waals surface area contributed by atoms with Crippen molar-refractivity contribution in [3.63, 3.8) is 0 Å². The van der Waals surface area contributed by atoms with Gasteiger partial charge in [0.2, 0.25) is 0 Å². The molecule has 1 aromatic carbocycles. The van der Waals surface area contributed by atoms with Gasteiger partial charge in [-0.25, -0.2) is 0 Å². The lowest BCUT2D eigenvalue weighted by atomic mass is 10.2. The van der Waals surface area contributed by atoms with Crippen molar-refractivity contribution < 1.29 is 9.76 Å². The third-order valence-corrected chi connectivity index (χ3v) is 2.82. The van der Waals surface area contributed by atoms with Gasteiger partial charge in [0.15, 0.2) is 0 Å². The fourth-order valence-corrected chi connectivity index (χ4v) is 1.80. The van der Waals surface area contributed by atoms with Gasteiger partial charge in [0.05, 0.1) is 16.8 Å². The molecule has 104 valence electrons. The van der Waals surface area contributed by atoms with Gasteiger partial charge in [-0.05, 0) is 24.6 Å². The molecule has 0 amide bonds. The fourth-order valence-electron chi connectivity index (χ4n) is 1.80. The largest absolute Gasteiger partial charge is 0.391 e. The maximum Gasteiger partial charge on any atom is 0.269 e. The SMILES string of the molecule is CCn1cccc1/C=N\OCc1cccc([N+](=O)[O-])c1. The number of rotatable bonds is 6. The predicted octanol–water partition coefficient (Wildman–Crippen LogP) is 2.97. The molecule has 6 heteroatoms. The van der Waals surface area contributed by atoms with E-state index >= 15 is 0 Å². The molecule has 0 aliphatic rings. The second-order valence-electron chi connectivity index (χ2n) is 4.15. The standard InChI is InChI=1S/C14H15N3O3/c1-2-16-8-4-7-14(16)10-15-20-11-12-5-3-6-13(9-12)17(18)19/h3-10H,2,11H2,1H3/b15-10-. The minimum atomic E-state index is -0.430.